The molecule has 0 unspecified atom stereocenters. The van der Waals surface area contributed by atoms with Crippen molar-refractivity contribution in [2.75, 3.05) is 13.1 Å². The van der Waals surface area contributed by atoms with Gasteiger partial charge in [0.15, 0.2) is 0 Å². The molecule has 5 heteroatoms. The van der Waals surface area contributed by atoms with Crippen LogP contribution in [0, 0.1) is 0 Å². The summed E-state index contributed by atoms with van der Waals surface area (Å²) >= 11 is 0. The Kier molecular flexibility index (Phi) is 3.24. The number of amides is 1. The summed E-state index contributed by atoms with van der Waals surface area (Å²) in [5, 5.41) is 6.88. The number of aromatic nitrogens is 3. The molecule has 0 fully saturated rings. The number of nitrogens with zero attached hydrogens (tertiary/aromatic N) is 3. The summed E-state index contributed by atoms with van der Waals surface area (Å²) in [4.78, 5) is 18.3. The van der Waals surface area contributed by atoms with E-state index in [9.17, 15) is 4.79 Å². The smallest absolute Gasteiger partial charge is 0.293 e. The molecule has 18 heavy (non-hydrogen) atoms. The van der Waals surface area contributed by atoms with Gasteiger partial charge in [-0.05, 0) is 13.3 Å². The highest BCUT2D eigenvalue weighted by Gasteiger charge is 2.24. The van der Waals surface area contributed by atoms with Crippen LogP contribution in [0.3, 0.4) is 0 Å². The van der Waals surface area contributed by atoms with Crippen molar-refractivity contribution in [2.45, 2.75) is 39.5 Å². The highest BCUT2D eigenvalue weighted by molar-refractivity contribution is 5.90. The van der Waals surface area contributed by atoms with Crippen molar-refractivity contribution in [3.63, 3.8) is 0 Å². The Balaban J connectivity index is 2.13. The molecule has 0 spiro atoms. The van der Waals surface area contributed by atoms with Crippen LogP contribution in [0.5, 0.6) is 0 Å². The van der Waals surface area contributed by atoms with Crippen molar-refractivity contribution in [1.29, 1.82) is 0 Å². The van der Waals surface area contributed by atoms with Crippen LogP contribution >= 0.6 is 0 Å². The number of aromatic amines is 1. The predicted octanol–water partition coefficient (Wildman–Crippen LogP) is 1.89. The molecule has 1 aromatic heterocycles. The summed E-state index contributed by atoms with van der Waals surface area (Å²) in [5.74, 6) is 0.924. The maximum atomic E-state index is 12.2. The van der Waals surface area contributed by atoms with E-state index in [0.29, 0.717) is 6.54 Å². The lowest BCUT2D eigenvalue weighted by Crippen LogP contribution is -2.35. The molecule has 1 amide bonds. The summed E-state index contributed by atoms with van der Waals surface area (Å²) in [6.45, 7) is 9.61. The fourth-order valence-corrected chi connectivity index (χ4v) is 1.79. The van der Waals surface area contributed by atoms with E-state index >= 15 is 0 Å². The lowest BCUT2D eigenvalue weighted by molar-refractivity contribution is 0.0757. The molecule has 0 aromatic carbocycles. The van der Waals surface area contributed by atoms with Crippen LogP contribution in [-0.4, -0.2) is 39.1 Å². The van der Waals surface area contributed by atoms with E-state index in [1.54, 1.807) is 4.90 Å². The summed E-state index contributed by atoms with van der Waals surface area (Å²) in [6, 6.07) is 0. The molecule has 5 nitrogen and oxygen atoms in total. The van der Waals surface area contributed by atoms with Crippen LogP contribution in [-0.2, 0) is 5.41 Å². The number of hydrogen-bond donors (Lipinski definition) is 1. The third-order valence-electron chi connectivity index (χ3n) is 3.11. The highest BCUT2D eigenvalue weighted by Crippen LogP contribution is 2.18. The lowest BCUT2D eigenvalue weighted by atomic mass is 9.96. The molecular weight excluding hydrogens is 228 g/mol. The van der Waals surface area contributed by atoms with Crippen molar-refractivity contribution in [3.05, 3.63) is 23.3 Å². The average molecular weight is 248 g/mol. The van der Waals surface area contributed by atoms with Gasteiger partial charge in [0.1, 0.15) is 5.82 Å². The zero-order valence-corrected chi connectivity index (χ0v) is 11.4. The molecule has 2 rings (SSSR count). The quantitative estimate of drug-likeness (QED) is 0.772. The van der Waals surface area contributed by atoms with E-state index in [2.05, 4.69) is 28.2 Å². The monoisotopic (exact) mass is 248 g/mol. The summed E-state index contributed by atoms with van der Waals surface area (Å²) in [7, 11) is 0. The molecule has 2 heterocycles. The highest BCUT2D eigenvalue weighted by atomic mass is 16.2. The Bertz CT molecular complexity index is 481. The number of carbonyl (C=O) groups is 1. The van der Waals surface area contributed by atoms with Gasteiger partial charge < -0.3 is 4.90 Å². The third-order valence-corrected chi connectivity index (χ3v) is 3.11. The molecule has 0 radical (unpaired) electrons. The standard InChI is InChI=1S/C13H20N4O/c1-9-5-7-17(8-6-9)11(18)10-14-12(16-15-10)13(2,3)4/h5H,6-8H2,1-4H3,(H,14,15,16). The molecule has 1 N–H and O–H groups in total. The van der Waals surface area contributed by atoms with Crippen LogP contribution in [0.1, 0.15) is 50.6 Å². The Hall–Kier alpha value is -1.65. The SMILES string of the molecule is CC1=CCN(C(=O)c2n[nH]c(C(C)(C)C)n2)CC1. The van der Waals surface area contributed by atoms with Crippen LogP contribution in [0.4, 0.5) is 0 Å². The molecule has 0 aliphatic carbocycles. The number of nitrogens with one attached hydrogen (secondary N) is 1. The van der Waals surface area contributed by atoms with Gasteiger partial charge in [-0.2, -0.15) is 0 Å². The second kappa shape index (κ2) is 4.55. The second-order valence-corrected chi connectivity index (χ2v) is 5.81. The van der Waals surface area contributed by atoms with Gasteiger partial charge in [-0.25, -0.2) is 4.98 Å². The van der Waals surface area contributed by atoms with Crippen molar-refractivity contribution < 1.29 is 4.79 Å². The first-order chi connectivity index (χ1) is 8.38. The van der Waals surface area contributed by atoms with Crippen LogP contribution < -0.4 is 0 Å². The summed E-state index contributed by atoms with van der Waals surface area (Å²) in [6.07, 6.45) is 3.01. The van der Waals surface area contributed by atoms with E-state index in [-0.39, 0.29) is 17.1 Å². The van der Waals surface area contributed by atoms with Crippen molar-refractivity contribution in [2.24, 2.45) is 0 Å². The number of H-pyrrole nitrogens is 1. The Labute approximate surface area is 107 Å². The third kappa shape index (κ3) is 2.60. The van der Waals surface area contributed by atoms with Gasteiger partial charge in [0.25, 0.3) is 5.91 Å². The average Bonchev–Trinajstić information content (AvgIpc) is 2.78. The zero-order chi connectivity index (χ0) is 13.3. The maximum Gasteiger partial charge on any atom is 0.293 e. The Morgan fingerprint density at radius 3 is 2.67 bits per heavy atom. The largest absolute Gasteiger partial charge is 0.332 e. The first-order valence-electron chi connectivity index (χ1n) is 6.26. The zero-order valence-electron chi connectivity index (χ0n) is 11.4. The molecule has 0 atom stereocenters. The van der Waals surface area contributed by atoms with Crippen molar-refractivity contribution in [3.8, 4) is 0 Å². The van der Waals surface area contributed by atoms with Gasteiger partial charge in [0.05, 0.1) is 0 Å². The summed E-state index contributed by atoms with van der Waals surface area (Å²) < 4.78 is 0. The van der Waals surface area contributed by atoms with Gasteiger partial charge in [-0.3, -0.25) is 9.89 Å². The van der Waals surface area contributed by atoms with Crippen molar-refractivity contribution in [1.82, 2.24) is 20.1 Å². The minimum atomic E-state index is -0.121. The molecule has 0 saturated carbocycles. The molecule has 0 bridgehead atoms. The van der Waals surface area contributed by atoms with Crippen molar-refractivity contribution >= 4 is 5.91 Å². The molecule has 98 valence electrons. The van der Waals surface area contributed by atoms with Gasteiger partial charge in [-0.1, -0.05) is 32.4 Å². The Morgan fingerprint density at radius 1 is 1.44 bits per heavy atom. The normalized spacial score (nSPS) is 16.7. The van der Waals surface area contributed by atoms with Crippen LogP contribution in [0.25, 0.3) is 0 Å². The van der Waals surface area contributed by atoms with E-state index in [1.807, 2.05) is 20.8 Å². The van der Waals surface area contributed by atoms with Gasteiger partial charge in [-0.15, -0.1) is 5.10 Å². The number of hydrogen-bond acceptors (Lipinski definition) is 3. The topological polar surface area (TPSA) is 61.9 Å². The van der Waals surface area contributed by atoms with Gasteiger partial charge in [0, 0.05) is 18.5 Å². The molecule has 1 aliphatic heterocycles. The molecule has 0 saturated heterocycles. The minimum Gasteiger partial charge on any atom is -0.332 e. The lowest BCUT2D eigenvalue weighted by Gasteiger charge is -2.24. The van der Waals surface area contributed by atoms with E-state index in [0.717, 1.165) is 18.8 Å². The van der Waals surface area contributed by atoms with E-state index in [1.165, 1.54) is 5.57 Å². The first kappa shape index (κ1) is 12.8. The minimum absolute atomic E-state index is 0.0921. The fraction of sp³-hybridized carbons (Fsp3) is 0.615. The van der Waals surface area contributed by atoms with Crippen LogP contribution in [0.15, 0.2) is 11.6 Å². The van der Waals surface area contributed by atoms with Gasteiger partial charge >= 0.3 is 0 Å². The molecule has 1 aromatic rings. The molecular formula is C13H20N4O. The van der Waals surface area contributed by atoms with Crippen LogP contribution in [0.2, 0.25) is 0 Å². The summed E-state index contributed by atoms with van der Waals surface area (Å²) in [5.41, 5.74) is 1.22. The number of rotatable bonds is 1. The molecule has 1 aliphatic rings. The Morgan fingerprint density at radius 2 is 2.17 bits per heavy atom. The second-order valence-electron chi connectivity index (χ2n) is 5.81. The fourth-order valence-electron chi connectivity index (χ4n) is 1.79. The predicted molar refractivity (Wildman–Crippen MR) is 69.4 cm³/mol. The van der Waals surface area contributed by atoms with E-state index in [4.69, 9.17) is 0 Å². The number of carbonyl (C=O) groups excluding carboxylic acids is 1. The maximum absolute atomic E-state index is 12.2. The van der Waals surface area contributed by atoms with E-state index < -0.39 is 0 Å². The van der Waals surface area contributed by atoms with Gasteiger partial charge in [0.2, 0.25) is 5.82 Å². The first-order valence-corrected chi connectivity index (χ1v) is 6.26.